The van der Waals surface area contributed by atoms with Crippen LogP contribution in [0.3, 0.4) is 0 Å². The van der Waals surface area contributed by atoms with Crippen molar-refractivity contribution >= 4 is 17.7 Å². The summed E-state index contributed by atoms with van der Waals surface area (Å²) >= 11 is 0. The molecule has 2 aromatic carbocycles. The number of hydrogen-bond acceptors (Lipinski definition) is 5. The van der Waals surface area contributed by atoms with E-state index in [4.69, 9.17) is 4.74 Å². The Morgan fingerprint density at radius 1 is 1.24 bits per heavy atom. The van der Waals surface area contributed by atoms with E-state index in [1.165, 1.54) is 18.2 Å². The number of ether oxygens (including phenoxy) is 1. The third-order valence-corrected chi connectivity index (χ3v) is 3.41. The first-order chi connectivity index (χ1) is 11.9. The molecule has 0 bridgehead atoms. The summed E-state index contributed by atoms with van der Waals surface area (Å²) in [6.07, 6.45) is -0.980. The van der Waals surface area contributed by atoms with E-state index in [9.17, 15) is 24.8 Å². The van der Waals surface area contributed by atoms with Crippen LogP contribution in [-0.2, 0) is 16.1 Å². The van der Waals surface area contributed by atoms with E-state index in [2.05, 4.69) is 5.32 Å². The lowest BCUT2D eigenvalue weighted by atomic mass is 10.0. The summed E-state index contributed by atoms with van der Waals surface area (Å²) in [5.74, 6) is -1.43. The molecule has 0 saturated carbocycles. The van der Waals surface area contributed by atoms with Gasteiger partial charge in [0.1, 0.15) is 6.61 Å². The monoisotopic (exact) mass is 344 g/mol. The SMILES string of the molecule is Cc1ccc([N+](=O)[O-])c(C(NC(=O)OCc2ccccc2)C(=O)O)c1. The van der Waals surface area contributed by atoms with Crippen molar-refractivity contribution in [1.29, 1.82) is 0 Å². The molecule has 2 rings (SSSR count). The third-order valence-electron chi connectivity index (χ3n) is 3.41. The second-order valence-corrected chi connectivity index (χ2v) is 5.30. The van der Waals surface area contributed by atoms with Gasteiger partial charge in [0, 0.05) is 6.07 Å². The fourth-order valence-electron chi connectivity index (χ4n) is 2.23. The molecule has 2 aromatic rings. The highest BCUT2D eigenvalue weighted by Gasteiger charge is 2.30. The van der Waals surface area contributed by atoms with Crippen LogP contribution >= 0.6 is 0 Å². The quantitative estimate of drug-likeness (QED) is 0.614. The van der Waals surface area contributed by atoms with Crippen LogP contribution in [0.5, 0.6) is 0 Å². The molecule has 0 aromatic heterocycles. The zero-order chi connectivity index (χ0) is 18.4. The van der Waals surface area contributed by atoms with Crippen LogP contribution in [0.4, 0.5) is 10.5 Å². The summed E-state index contributed by atoms with van der Waals surface area (Å²) < 4.78 is 4.98. The van der Waals surface area contributed by atoms with Crippen LogP contribution in [-0.4, -0.2) is 22.1 Å². The van der Waals surface area contributed by atoms with Crippen molar-refractivity contribution in [3.8, 4) is 0 Å². The second-order valence-electron chi connectivity index (χ2n) is 5.30. The molecule has 0 heterocycles. The van der Waals surface area contributed by atoms with Crippen LogP contribution in [0, 0.1) is 17.0 Å². The van der Waals surface area contributed by atoms with Crippen molar-refractivity contribution in [3.63, 3.8) is 0 Å². The van der Waals surface area contributed by atoms with Crippen LogP contribution in [0.25, 0.3) is 0 Å². The minimum absolute atomic E-state index is 0.0467. The van der Waals surface area contributed by atoms with Crippen LogP contribution in [0.2, 0.25) is 0 Å². The Morgan fingerprint density at radius 2 is 1.92 bits per heavy atom. The molecule has 0 fully saturated rings. The zero-order valence-corrected chi connectivity index (χ0v) is 13.3. The summed E-state index contributed by atoms with van der Waals surface area (Å²) in [6.45, 7) is 1.62. The number of nitro groups is 1. The van der Waals surface area contributed by atoms with Gasteiger partial charge in [0.05, 0.1) is 10.5 Å². The molecule has 1 amide bonds. The maximum Gasteiger partial charge on any atom is 0.408 e. The second kappa shape index (κ2) is 7.91. The molecule has 1 atom stereocenters. The summed E-state index contributed by atoms with van der Waals surface area (Å²) in [5, 5.41) is 22.7. The number of carbonyl (C=O) groups is 2. The molecule has 0 aliphatic heterocycles. The van der Waals surface area contributed by atoms with Gasteiger partial charge in [-0.25, -0.2) is 9.59 Å². The number of carboxylic acid groups (broad SMARTS) is 1. The largest absolute Gasteiger partial charge is 0.479 e. The van der Waals surface area contributed by atoms with Gasteiger partial charge < -0.3 is 15.2 Å². The number of carboxylic acids is 1. The number of benzene rings is 2. The Morgan fingerprint density at radius 3 is 2.52 bits per heavy atom. The predicted octanol–water partition coefficient (Wildman–Crippen LogP) is 2.96. The Hall–Kier alpha value is -3.42. The maximum absolute atomic E-state index is 11.9. The molecule has 1 unspecified atom stereocenters. The lowest BCUT2D eigenvalue weighted by molar-refractivity contribution is -0.385. The summed E-state index contributed by atoms with van der Waals surface area (Å²) in [5.41, 5.74) is 0.855. The highest BCUT2D eigenvalue weighted by molar-refractivity contribution is 5.82. The number of hydrogen-bond donors (Lipinski definition) is 2. The zero-order valence-electron chi connectivity index (χ0n) is 13.3. The fraction of sp³-hybridized carbons (Fsp3) is 0.176. The maximum atomic E-state index is 11.9. The van der Waals surface area contributed by atoms with E-state index in [-0.39, 0.29) is 17.9 Å². The first kappa shape index (κ1) is 17.9. The van der Waals surface area contributed by atoms with Gasteiger partial charge in [-0.3, -0.25) is 10.1 Å². The van der Waals surface area contributed by atoms with Gasteiger partial charge in [0.15, 0.2) is 6.04 Å². The van der Waals surface area contributed by atoms with E-state index in [0.29, 0.717) is 5.56 Å². The Bertz CT molecular complexity index is 791. The molecule has 130 valence electrons. The predicted molar refractivity (Wildman–Crippen MR) is 88.0 cm³/mol. The normalized spacial score (nSPS) is 11.4. The van der Waals surface area contributed by atoms with Crippen molar-refractivity contribution < 1.29 is 24.4 Å². The number of amides is 1. The van der Waals surface area contributed by atoms with E-state index in [1.54, 1.807) is 37.3 Å². The van der Waals surface area contributed by atoms with Crippen molar-refractivity contribution in [3.05, 3.63) is 75.3 Å². The molecule has 8 heteroatoms. The average molecular weight is 344 g/mol. The van der Waals surface area contributed by atoms with Crippen molar-refractivity contribution in [2.45, 2.75) is 19.6 Å². The van der Waals surface area contributed by atoms with E-state index in [0.717, 1.165) is 5.56 Å². The van der Waals surface area contributed by atoms with Crippen LogP contribution in [0.15, 0.2) is 48.5 Å². The molecule has 25 heavy (non-hydrogen) atoms. The number of aliphatic carboxylic acids is 1. The summed E-state index contributed by atoms with van der Waals surface area (Å²) in [4.78, 5) is 33.8. The van der Waals surface area contributed by atoms with Gasteiger partial charge in [-0.2, -0.15) is 0 Å². The number of aryl methyl sites for hydroxylation is 1. The van der Waals surface area contributed by atoms with Gasteiger partial charge >= 0.3 is 12.1 Å². The summed E-state index contributed by atoms with van der Waals surface area (Å²) in [6, 6.07) is 11.3. The molecule has 0 spiro atoms. The average Bonchev–Trinajstić information content (AvgIpc) is 2.58. The van der Waals surface area contributed by atoms with Gasteiger partial charge in [0.2, 0.25) is 0 Å². The molecule has 8 nitrogen and oxygen atoms in total. The number of nitro benzene ring substituents is 1. The molecular weight excluding hydrogens is 328 g/mol. The smallest absolute Gasteiger partial charge is 0.408 e. The number of carbonyl (C=O) groups excluding carboxylic acids is 1. The molecular formula is C17H16N2O6. The molecule has 0 radical (unpaired) electrons. The first-order valence-electron chi connectivity index (χ1n) is 7.33. The van der Waals surface area contributed by atoms with E-state index in [1.807, 2.05) is 0 Å². The standard InChI is InChI=1S/C17H16N2O6/c1-11-7-8-14(19(23)24)13(9-11)15(16(20)21)18-17(22)25-10-12-5-3-2-4-6-12/h2-9,15H,10H2,1H3,(H,18,22)(H,20,21). The summed E-state index contributed by atoms with van der Waals surface area (Å²) in [7, 11) is 0. The molecule has 0 saturated heterocycles. The molecule has 0 aliphatic rings. The fourth-order valence-corrected chi connectivity index (χ4v) is 2.23. The van der Waals surface area contributed by atoms with Gasteiger partial charge in [-0.1, -0.05) is 42.0 Å². The molecule has 2 N–H and O–H groups in total. The minimum atomic E-state index is -1.59. The number of alkyl carbamates (subject to hydrolysis) is 1. The Kier molecular flexibility index (Phi) is 5.67. The first-order valence-corrected chi connectivity index (χ1v) is 7.33. The lowest BCUT2D eigenvalue weighted by Gasteiger charge is -2.15. The van der Waals surface area contributed by atoms with Crippen LogP contribution < -0.4 is 5.32 Å². The number of nitrogens with zero attached hydrogens (tertiary/aromatic N) is 1. The Balaban J connectivity index is 2.16. The van der Waals surface area contributed by atoms with Gasteiger partial charge in [0.25, 0.3) is 5.69 Å². The van der Waals surface area contributed by atoms with Crippen molar-refractivity contribution in [2.75, 3.05) is 0 Å². The lowest BCUT2D eigenvalue weighted by Crippen LogP contribution is -2.34. The van der Waals surface area contributed by atoms with E-state index < -0.39 is 23.0 Å². The topological polar surface area (TPSA) is 119 Å². The number of rotatable bonds is 6. The molecule has 0 aliphatic carbocycles. The highest BCUT2D eigenvalue weighted by atomic mass is 16.6. The van der Waals surface area contributed by atoms with E-state index >= 15 is 0 Å². The van der Waals surface area contributed by atoms with Gasteiger partial charge in [-0.15, -0.1) is 0 Å². The third kappa shape index (κ3) is 4.77. The van der Waals surface area contributed by atoms with Gasteiger partial charge in [-0.05, 0) is 18.6 Å². The Labute approximate surface area is 143 Å². The van der Waals surface area contributed by atoms with Crippen molar-refractivity contribution in [2.24, 2.45) is 0 Å². The van der Waals surface area contributed by atoms with Crippen molar-refractivity contribution in [1.82, 2.24) is 5.32 Å². The van der Waals surface area contributed by atoms with Crippen LogP contribution in [0.1, 0.15) is 22.7 Å². The minimum Gasteiger partial charge on any atom is -0.479 e. The number of nitrogens with one attached hydrogen (secondary N) is 1. The highest BCUT2D eigenvalue weighted by Crippen LogP contribution is 2.26.